The molecular formula is C18H21NO3S. The van der Waals surface area contributed by atoms with Gasteiger partial charge in [0.05, 0.1) is 11.3 Å². The maximum absolute atomic E-state index is 12.4. The summed E-state index contributed by atoms with van der Waals surface area (Å²) in [6.45, 7) is 3.26. The summed E-state index contributed by atoms with van der Waals surface area (Å²) in [4.78, 5) is 12.4. The van der Waals surface area contributed by atoms with Crippen LogP contribution in [0.2, 0.25) is 0 Å². The number of carbonyl (C=O) groups excluding carboxylic acids is 1. The maximum atomic E-state index is 12.4. The van der Waals surface area contributed by atoms with Crippen molar-refractivity contribution in [1.29, 1.82) is 0 Å². The molecule has 4 nitrogen and oxygen atoms in total. The van der Waals surface area contributed by atoms with Crippen LogP contribution in [-0.4, -0.2) is 25.3 Å². The molecule has 23 heavy (non-hydrogen) atoms. The first kappa shape index (κ1) is 17.2. The van der Waals surface area contributed by atoms with Gasteiger partial charge in [0.25, 0.3) is 5.91 Å². The van der Waals surface area contributed by atoms with E-state index in [-0.39, 0.29) is 11.7 Å². The third-order valence-electron chi connectivity index (χ3n) is 3.92. The SMILES string of the molecule is CCS(=O)(=O)[C@@H](C)[C@H](NC(=O)c1ccccc1)c1ccccc1. The molecule has 0 unspecified atom stereocenters. The van der Waals surface area contributed by atoms with Crippen molar-refractivity contribution in [2.45, 2.75) is 25.1 Å². The molecule has 2 atom stereocenters. The normalized spacial score (nSPS) is 14.0. The van der Waals surface area contributed by atoms with E-state index in [4.69, 9.17) is 0 Å². The third kappa shape index (κ3) is 4.20. The van der Waals surface area contributed by atoms with Gasteiger partial charge in [0.2, 0.25) is 0 Å². The number of sulfone groups is 1. The molecule has 122 valence electrons. The van der Waals surface area contributed by atoms with E-state index in [1.54, 1.807) is 38.1 Å². The summed E-state index contributed by atoms with van der Waals surface area (Å²) in [6, 6.07) is 17.4. The molecule has 0 aliphatic rings. The molecule has 2 aromatic rings. The molecule has 0 bridgehead atoms. The van der Waals surface area contributed by atoms with Gasteiger partial charge in [-0.1, -0.05) is 55.5 Å². The summed E-state index contributed by atoms with van der Waals surface area (Å²) in [6.07, 6.45) is 0. The Labute approximate surface area is 137 Å². The number of nitrogens with one attached hydrogen (secondary N) is 1. The molecule has 0 saturated heterocycles. The Balaban J connectivity index is 2.33. The van der Waals surface area contributed by atoms with E-state index in [2.05, 4.69) is 5.32 Å². The number of amides is 1. The molecule has 0 fully saturated rings. The highest BCUT2D eigenvalue weighted by Crippen LogP contribution is 2.23. The van der Waals surface area contributed by atoms with E-state index in [0.29, 0.717) is 5.56 Å². The topological polar surface area (TPSA) is 63.2 Å². The lowest BCUT2D eigenvalue weighted by Crippen LogP contribution is -2.39. The van der Waals surface area contributed by atoms with Gasteiger partial charge in [0.15, 0.2) is 9.84 Å². The zero-order valence-corrected chi connectivity index (χ0v) is 14.1. The van der Waals surface area contributed by atoms with Crippen LogP contribution in [0.5, 0.6) is 0 Å². The van der Waals surface area contributed by atoms with E-state index in [0.717, 1.165) is 5.56 Å². The quantitative estimate of drug-likeness (QED) is 0.885. The van der Waals surface area contributed by atoms with Gasteiger partial charge in [0, 0.05) is 11.3 Å². The van der Waals surface area contributed by atoms with Gasteiger partial charge in [-0.3, -0.25) is 4.79 Å². The maximum Gasteiger partial charge on any atom is 0.251 e. The minimum atomic E-state index is -3.29. The summed E-state index contributed by atoms with van der Waals surface area (Å²) in [5, 5.41) is 2.17. The van der Waals surface area contributed by atoms with Crippen LogP contribution in [0, 0.1) is 0 Å². The molecule has 0 aromatic heterocycles. The lowest BCUT2D eigenvalue weighted by Gasteiger charge is -2.25. The van der Waals surface area contributed by atoms with Crippen LogP contribution in [0.3, 0.4) is 0 Å². The third-order valence-corrected chi connectivity index (χ3v) is 6.13. The van der Waals surface area contributed by atoms with Gasteiger partial charge in [0.1, 0.15) is 0 Å². The Bertz CT molecular complexity index is 742. The molecule has 1 amide bonds. The first-order valence-corrected chi connectivity index (χ1v) is 9.29. The van der Waals surface area contributed by atoms with Crippen molar-refractivity contribution in [2.75, 3.05) is 5.75 Å². The number of hydrogen-bond donors (Lipinski definition) is 1. The minimum absolute atomic E-state index is 0.0404. The zero-order chi connectivity index (χ0) is 16.9. The van der Waals surface area contributed by atoms with Crippen LogP contribution in [-0.2, 0) is 9.84 Å². The van der Waals surface area contributed by atoms with E-state index >= 15 is 0 Å². The van der Waals surface area contributed by atoms with Crippen LogP contribution >= 0.6 is 0 Å². The van der Waals surface area contributed by atoms with E-state index in [1.165, 1.54) is 0 Å². The Hall–Kier alpha value is -2.14. The van der Waals surface area contributed by atoms with Crippen LogP contribution in [0.25, 0.3) is 0 Å². The number of rotatable bonds is 6. The first-order valence-electron chi connectivity index (χ1n) is 7.58. The standard InChI is InChI=1S/C18H21NO3S/c1-3-23(21,22)14(2)17(15-10-6-4-7-11-15)19-18(20)16-12-8-5-9-13-16/h4-14,17H,3H2,1-2H3,(H,19,20)/t14-,17-/m0/s1. The van der Waals surface area contributed by atoms with Gasteiger partial charge in [-0.05, 0) is 24.6 Å². The van der Waals surface area contributed by atoms with E-state index in [9.17, 15) is 13.2 Å². The van der Waals surface area contributed by atoms with Crippen LogP contribution in [0.15, 0.2) is 60.7 Å². The van der Waals surface area contributed by atoms with Crippen molar-refractivity contribution in [2.24, 2.45) is 0 Å². The Morgan fingerprint density at radius 3 is 2.04 bits per heavy atom. The summed E-state index contributed by atoms with van der Waals surface area (Å²) >= 11 is 0. The van der Waals surface area contributed by atoms with Crippen molar-refractivity contribution >= 4 is 15.7 Å². The van der Waals surface area contributed by atoms with Crippen LogP contribution in [0.1, 0.15) is 35.8 Å². The Morgan fingerprint density at radius 1 is 1.00 bits per heavy atom. The van der Waals surface area contributed by atoms with Gasteiger partial charge in [-0.25, -0.2) is 8.42 Å². The molecule has 0 heterocycles. The molecular weight excluding hydrogens is 310 g/mol. The fraction of sp³-hybridized carbons (Fsp3) is 0.278. The second-order valence-electron chi connectivity index (χ2n) is 5.38. The molecule has 0 spiro atoms. The predicted molar refractivity (Wildman–Crippen MR) is 92.0 cm³/mol. The minimum Gasteiger partial charge on any atom is -0.344 e. The molecule has 0 aliphatic carbocycles. The average Bonchev–Trinajstić information content (AvgIpc) is 2.60. The molecule has 0 saturated carbocycles. The van der Waals surface area contributed by atoms with Gasteiger partial charge < -0.3 is 5.32 Å². The summed E-state index contributed by atoms with van der Waals surface area (Å²) in [5.41, 5.74) is 1.29. The fourth-order valence-electron chi connectivity index (χ4n) is 2.42. The van der Waals surface area contributed by atoms with Gasteiger partial charge >= 0.3 is 0 Å². The Morgan fingerprint density at radius 2 is 1.52 bits per heavy atom. The smallest absolute Gasteiger partial charge is 0.251 e. The van der Waals surface area contributed by atoms with Crippen molar-refractivity contribution in [3.05, 3.63) is 71.8 Å². The second kappa shape index (κ2) is 7.42. The van der Waals surface area contributed by atoms with E-state index < -0.39 is 21.1 Å². The zero-order valence-electron chi connectivity index (χ0n) is 13.3. The second-order valence-corrected chi connectivity index (χ2v) is 8.03. The highest BCUT2D eigenvalue weighted by molar-refractivity contribution is 7.92. The molecule has 5 heteroatoms. The van der Waals surface area contributed by atoms with Crippen molar-refractivity contribution in [3.8, 4) is 0 Å². The monoisotopic (exact) mass is 331 g/mol. The highest BCUT2D eigenvalue weighted by atomic mass is 32.2. The lowest BCUT2D eigenvalue weighted by atomic mass is 10.0. The predicted octanol–water partition coefficient (Wildman–Crippen LogP) is 2.98. The number of hydrogen-bond acceptors (Lipinski definition) is 3. The summed E-state index contributed by atoms with van der Waals surface area (Å²) in [7, 11) is -3.29. The summed E-state index contributed by atoms with van der Waals surface area (Å²) < 4.78 is 24.6. The van der Waals surface area contributed by atoms with Crippen molar-refractivity contribution < 1.29 is 13.2 Å². The Kier molecular flexibility index (Phi) is 5.55. The van der Waals surface area contributed by atoms with Crippen LogP contribution < -0.4 is 5.32 Å². The van der Waals surface area contributed by atoms with Gasteiger partial charge in [-0.15, -0.1) is 0 Å². The molecule has 2 rings (SSSR count). The number of benzene rings is 2. The fourth-order valence-corrected chi connectivity index (χ4v) is 3.58. The molecule has 0 aliphatic heterocycles. The lowest BCUT2D eigenvalue weighted by molar-refractivity contribution is 0.0936. The van der Waals surface area contributed by atoms with Gasteiger partial charge in [-0.2, -0.15) is 0 Å². The molecule has 1 N–H and O–H groups in total. The largest absolute Gasteiger partial charge is 0.344 e. The average molecular weight is 331 g/mol. The highest BCUT2D eigenvalue weighted by Gasteiger charge is 2.30. The van der Waals surface area contributed by atoms with Crippen molar-refractivity contribution in [3.63, 3.8) is 0 Å². The molecule has 0 radical (unpaired) electrons. The van der Waals surface area contributed by atoms with Crippen molar-refractivity contribution in [1.82, 2.24) is 5.32 Å². The van der Waals surface area contributed by atoms with Crippen LogP contribution in [0.4, 0.5) is 0 Å². The first-order chi connectivity index (χ1) is 11.0. The summed E-state index contributed by atoms with van der Waals surface area (Å²) in [5.74, 6) is -0.240. The molecule has 2 aromatic carbocycles. The number of carbonyl (C=O) groups is 1. The van der Waals surface area contributed by atoms with E-state index in [1.807, 2.05) is 36.4 Å².